The number of methoxy groups -OCH3 is 1. The Bertz CT molecular complexity index is 519. The van der Waals surface area contributed by atoms with Gasteiger partial charge in [-0.15, -0.1) is 0 Å². The topological polar surface area (TPSA) is 65.1 Å². The Labute approximate surface area is 137 Å². The van der Waals surface area contributed by atoms with Gasteiger partial charge in [0, 0.05) is 13.6 Å². The first kappa shape index (κ1) is 18.8. The van der Waals surface area contributed by atoms with E-state index in [0.29, 0.717) is 18.7 Å². The van der Waals surface area contributed by atoms with Crippen LogP contribution in [0, 0.1) is 0 Å². The van der Waals surface area contributed by atoms with Crippen LogP contribution in [0.25, 0.3) is 0 Å². The van der Waals surface area contributed by atoms with E-state index in [1.54, 1.807) is 24.1 Å². The zero-order valence-corrected chi connectivity index (χ0v) is 14.4. The van der Waals surface area contributed by atoms with Crippen molar-refractivity contribution >= 4 is 12.1 Å². The molecule has 1 amide bonds. The molecule has 6 heteroatoms. The average molecular weight is 323 g/mol. The summed E-state index contributed by atoms with van der Waals surface area (Å²) in [6.07, 6.45) is 0.364. The third-order valence-electron chi connectivity index (χ3n) is 2.95. The number of benzene rings is 1. The molecular formula is C17H25NO5. The Morgan fingerprint density at radius 1 is 1.13 bits per heavy atom. The van der Waals surface area contributed by atoms with Crippen LogP contribution in [-0.2, 0) is 20.7 Å². The molecule has 0 saturated heterocycles. The fourth-order valence-electron chi connectivity index (χ4n) is 1.68. The van der Waals surface area contributed by atoms with Crippen molar-refractivity contribution < 1.29 is 23.8 Å². The van der Waals surface area contributed by atoms with E-state index in [1.807, 2.05) is 32.9 Å². The predicted molar refractivity (Wildman–Crippen MR) is 86.5 cm³/mol. The Balaban J connectivity index is 2.43. The van der Waals surface area contributed by atoms with E-state index in [2.05, 4.69) is 4.74 Å². The molecule has 0 spiro atoms. The van der Waals surface area contributed by atoms with Crippen LogP contribution < -0.4 is 4.74 Å². The van der Waals surface area contributed by atoms with Gasteiger partial charge in [0.05, 0.1) is 7.11 Å². The maximum atomic E-state index is 11.9. The lowest BCUT2D eigenvalue weighted by molar-refractivity contribution is -0.142. The maximum absolute atomic E-state index is 11.9. The molecule has 0 fully saturated rings. The maximum Gasteiger partial charge on any atom is 0.410 e. The highest BCUT2D eigenvalue weighted by Gasteiger charge is 2.19. The van der Waals surface area contributed by atoms with Crippen molar-refractivity contribution in [2.24, 2.45) is 0 Å². The van der Waals surface area contributed by atoms with Crippen molar-refractivity contribution in [2.45, 2.75) is 32.8 Å². The monoisotopic (exact) mass is 323 g/mol. The Morgan fingerprint density at radius 3 is 2.26 bits per heavy atom. The molecule has 1 rings (SSSR count). The second-order valence-corrected chi connectivity index (χ2v) is 6.16. The van der Waals surface area contributed by atoms with Crippen molar-refractivity contribution in [2.75, 3.05) is 27.3 Å². The SMILES string of the molecule is COC(=O)COc1ccc(CCN(C)C(=O)OC(C)(C)C)cc1. The van der Waals surface area contributed by atoms with Crippen molar-refractivity contribution in [1.82, 2.24) is 4.90 Å². The van der Waals surface area contributed by atoms with Gasteiger partial charge in [-0.05, 0) is 44.9 Å². The van der Waals surface area contributed by atoms with E-state index in [-0.39, 0.29) is 12.7 Å². The molecule has 0 aliphatic carbocycles. The molecule has 6 nitrogen and oxygen atoms in total. The summed E-state index contributed by atoms with van der Waals surface area (Å²) in [5.41, 5.74) is 0.565. The second kappa shape index (κ2) is 8.41. The number of nitrogens with zero attached hydrogens (tertiary/aromatic N) is 1. The lowest BCUT2D eigenvalue weighted by Crippen LogP contribution is -2.35. The largest absolute Gasteiger partial charge is 0.482 e. The Kier molecular flexibility index (Phi) is 6.88. The van der Waals surface area contributed by atoms with Gasteiger partial charge in [-0.1, -0.05) is 12.1 Å². The standard InChI is InChI=1S/C17H25NO5/c1-17(2,3)23-16(20)18(4)11-10-13-6-8-14(9-7-13)22-12-15(19)21-5/h6-9H,10-12H2,1-5H3. The van der Waals surface area contributed by atoms with Crippen LogP contribution in [0.4, 0.5) is 4.79 Å². The molecule has 128 valence electrons. The fraction of sp³-hybridized carbons (Fsp3) is 0.529. The zero-order chi connectivity index (χ0) is 17.5. The Hall–Kier alpha value is -2.24. The molecule has 1 aromatic carbocycles. The third-order valence-corrected chi connectivity index (χ3v) is 2.95. The van der Waals surface area contributed by atoms with Gasteiger partial charge < -0.3 is 19.1 Å². The first-order chi connectivity index (χ1) is 10.7. The van der Waals surface area contributed by atoms with E-state index in [1.165, 1.54) is 7.11 Å². The van der Waals surface area contributed by atoms with Crippen LogP contribution >= 0.6 is 0 Å². The van der Waals surface area contributed by atoms with Crippen LogP contribution in [-0.4, -0.2) is 49.9 Å². The molecule has 0 atom stereocenters. The summed E-state index contributed by atoms with van der Waals surface area (Å²) >= 11 is 0. The molecule has 0 saturated carbocycles. The average Bonchev–Trinajstić information content (AvgIpc) is 2.49. The van der Waals surface area contributed by atoms with Gasteiger partial charge in [-0.3, -0.25) is 0 Å². The molecule has 0 bridgehead atoms. The molecule has 1 aromatic rings. The highest BCUT2D eigenvalue weighted by atomic mass is 16.6. The first-order valence-corrected chi connectivity index (χ1v) is 7.44. The molecule has 0 aliphatic rings. The van der Waals surface area contributed by atoms with Crippen LogP contribution in [0.3, 0.4) is 0 Å². The minimum atomic E-state index is -0.496. The number of hydrogen-bond acceptors (Lipinski definition) is 5. The van der Waals surface area contributed by atoms with Crippen LogP contribution in [0.5, 0.6) is 5.75 Å². The second-order valence-electron chi connectivity index (χ2n) is 6.16. The van der Waals surface area contributed by atoms with E-state index >= 15 is 0 Å². The molecule has 0 aromatic heterocycles. The number of esters is 1. The van der Waals surface area contributed by atoms with Crippen molar-refractivity contribution in [3.05, 3.63) is 29.8 Å². The predicted octanol–water partition coefficient (Wildman–Crippen LogP) is 2.65. The van der Waals surface area contributed by atoms with E-state index in [4.69, 9.17) is 9.47 Å². The minimum Gasteiger partial charge on any atom is -0.482 e. The number of hydrogen-bond donors (Lipinski definition) is 0. The molecule has 0 radical (unpaired) electrons. The number of ether oxygens (including phenoxy) is 3. The van der Waals surface area contributed by atoms with Gasteiger partial charge in [-0.2, -0.15) is 0 Å². The van der Waals surface area contributed by atoms with Gasteiger partial charge in [0.15, 0.2) is 6.61 Å². The number of carbonyl (C=O) groups excluding carboxylic acids is 2. The van der Waals surface area contributed by atoms with E-state index in [0.717, 1.165) is 5.56 Å². The molecule has 0 aliphatic heterocycles. The number of amides is 1. The van der Waals surface area contributed by atoms with Gasteiger partial charge in [0.2, 0.25) is 0 Å². The smallest absolute Gasteiger partial charge is 0.410 e. The molecule has 0 unspecified atom stereocenters. The fourth-order valence-corrected chi connectivity index (χ4v) is 1.68. The summed E-state index contributed by atoms with van der Waals surface area (Å²) < 4.78 is 15.1. The summed E-state index contributed by atoms with van der Waals surface area (Å²) in [7, 11) is 3.03. The molecule has 0 N–H and O–H groups in total. The Morgan fingerprint density at radius 2 is 1.74 bits per heavy atom. The van der Waals surface area contributed by atoms with Gasteiger partial charge in [-0.25, -0.2) is 9.59 Å². The normalized spacial score (nSPS) is 10.8. The lowest BCUT2D eigenvalue weighted by Gasteiger charge is -2.24. The summed E-state index contributed by atoms with van der Waals surface area (Å²) in [5, 5.41) is 0. The van der Waals surface area contributed by atoms with Gasteiger partial charge >= 0.3 is 12.1 Å². The molecule has 23 heavy (non-hydrogen) atoms. The van der Waals surface area contributed by atoms with Crippen molar-refractivity contribution in [3.63, 3.8) is 0 Å². The third kappa shape index (κ3) is 7.54. The van der Waals surface area contributed by atoms with Crippen LogP contribution in [0.2, 0.25) is 0 Å². The van der Waals surface area contributed by atoms with Crippen molar-refractivity contribution in [3.8, 4) is 5.75 Å². The number of rotatable bonds is 6. The zero-order valence-electron chi connectivity index (χ0n) is 14.4. The lowest BCUT2D eigenvalue weighted by atomic mass is 10.1. The molecule has 0 heterocycles. The van der Waals surface area contributed by atoms with Crippen LogP contribution in [0.15, 0.2) is 24.3 Å². The first-order valence-electron chi connectivity index (χ1n) is 7.44. The summed E-state index contributed by atoms with van der Waals surface area (Å²) in [5.74, 6) is 0.174. The number of likely N-dealkylation sites (N-methyl/N-ethyl adjacent to an activating group) is 1. The van der Waals surface area contributed by atoms with E-state index < -0.39 is 11.6 Å². The van der Waals surface area contributed by atoms with Crippen molar-refractivity contribution in [1.29, 1.82) is 0 Å². The summed E-state index contributed by atoms with van der Waals surface area (Å²) in [6.45, 7) is 5.96. The van der Waals surface area contributed by atoms with Gasteiger partial charge in [0.1, 0.15) is 11.4 Å². The highest BCUT2D eigenvalue weighted by molar-refractivity contribution is 5.70. The summed E-state index contributed by atoms with van der Waals surface area (Å²) in [4.78, 5) is 24.4. The summed E-state index contributed by atoms with van der Waals surface area (Å²) in [6, 6.07) is 7.36. The van der Waals surface area contributed by atoms with E-state index in [9.17, 15) is 9.59 Å². The highest BCUT2D eigenvalue weighted by Crippen LogP contribution is 2.14. The minimum absolute atomic E-state index is 0.114. The number of carbonyl (C=O) groups is 2. The van der Waals surface area contributed by atoms with Gasteiger partial charge in [0.25, 0.3) is 0 Å². The quantitative estimate of drug-likeness (QED) is 0.753. The van der Waals surface area contributed by atoms with Crippen LogP contribution in [0.1, 0.15) is 26.3 Å². The molecular weight excluding hydrogens is 298 g/mol.